The van der Waals surface area contributed by atoms with Crippen LogP contribution in [0.4, 0.5) is 0 Å². The minimum Gasteiger partial charge on any atom is -0.272 e. The Bertz CT molecular complexity index is 2790. The summed E-state index contributed by atoms with van der Waals surface area (Å²) in [4.78, 5) is 18.9. The summed E-state index contributed by atoms with van der Waals surface area (Å²) in [6, 6.07) is 60.4. The van der Waals surface area contributed by atoms with Gasteiger partial charge in [0.15, 0.2) is 17.5 Å². The van der Waals surface area contributed by atoms with E-state index in [2.05, 4.69) is 134 Å². The molecule has 1 heterocycles. The quantitative estimate of drug-likeness (QED) is 0.123. The lowest BCUT2D eigenvalue weighted by atomic mass is 9.70. The van der Waals surface area contributed by atoms with Crippen molar-refractivity contribution in [3.63, 3.8) is 0 Å². The van der Waals surface area contributed by atoms with Gasteiger partial charge >= 0.3 is 0 Å². The van der Waals surface area contributed by atoms with Crippen LogP contribution in [-0.4, -0.2) is 21.7 Å². The van der Waals surface area contributed by atoms with Crippen LogP contribution in [0.25, 0.3) is 73.1 Å². The number of nitrogens with zero attached hydrogens (tertiary/aromatic N) is 4. The van der Waals surface area contributed by atoms with Crippen LogP contribution in [-0.2, 0) is 5.41 Å². The first kappa shape index (κ1) is 32.4. The predicted octanol–water partition coefficient (Wildman–Crippen LogP) is 12.1. The summed E-state index contributed by atoms with van der Waals surface area (Å²) in [6.45, 7) is 7.52. The van der Waals surface area contributed by atoms with E-state index in [4.69, 9.17) is 15.0 Å². The van der Waals surface area contributed by atoms with E-state index in [9.17, 15) is 0 Å². The van der Waals surface area contributed by atoms with E-state index < -0.39 is 0 Å². The molecule has 1 aromatic heterocycles. The van der Waals surface area contributed by atoms with E-state index in [-0.39, 0.29) is 5.41 Å². The molecule has 1 spiro atoms. The number of benzene rings is 7. The molecule has 0 unspecified atom stereocenters. The van der Waals surface area contributed by atoms with Crippen molar-refractivity contribution in [3.8, 4) is 67.5 Å². The largest absolute Gasteiger partial charge is 0.272 e. The highest BCUT2D eigenvalue weighted by Gasteiger charge is 2.51. The molecule has 4 heteroatoms. The van der Waals surface area contributed by atoms with Crippen molar-refractivity contribution in [2.75, 3.05) is 0 Å². The molecule has 10 rings (SSSR count). The van der Waals surface area contributed by atoms with Crippen LogP contribution in [0.5, 0.6) is 0 Å². The van der Waals surface area contributed by atoms with Crippen LogP contribution in [0.15, 0.2) is 194 Å². The van der Waals surface area contributed by atoms with Crippen LogP contribution in [0, 0.1) is 0 Å². The highest BCUT2D eigenvalue weighted by molar-refractivity contribution is 6.00. The maximum absolute atomic E-state index is 5.03. The minimum atomic E-state index is -0.380. The Hall–Kier alpha value is -7.30. The second-order valence-electron chi connectivity index (χ2n) is 13.9. The maximum atomic E-state index is 5.03. The highest BCUT2D eigenvalue weighted by atomic mass is 15.0. The lowest BCUT2D eigenvalue weighted by molar-refractivity contribution is 0.794. The summed E-state index contributed by atoms with van der Waals surface area (Å²) in [5.41, 5.74) is 17.1. The molecular formula is C51H34N4. The van der Waals surface area contributed by atoms with Gasteiger partial charge in [-0.1, -0.05) is 183 Å². The number of hydrogen-bond donors (Lipinski definition) is 0. The maximum Gasteiger partial charge on any atom is 0.164 e. The third-order valence-corrected chi connectivity index (χ3v) is 11.1. The van der Waals surface area contributed by atoms with Crippen LogP contribution in [0.3, 0.4) is 0 Å². The predicted molar refractivity (Wildman–Crippen MR) is 226 cm³/mol. The van der Waals surface area contributed by atoms with Gasteiger partial charge in [0.25, 0.3) is 0 Å². The van der Waals surface area contributed by atoms with Crippen molar-refractivity contribution in [1.29, 1.82) is 0 Å². The van der Waals surface area contributed by atoms with Crippen molar-refractivity contribution >= 4 is 12.3 Å². The molecule has 0 N–H and O–H groups in total. The molecule has 0 saturated heterocycles. The van der Waals surface area contributed by atoms with Crippen molar-refractivity contribution in [3.05, 3.63) is 217 Å². The van der Waals surface area contributed by atoms with E-state index in [1.54, 1.807) is 12.3 Å². The van der Waals surface area contributed by atoms with Gasteiger partial charge in [-0.2, -0.15) is 0 Å². The first-order chi connectivity index (χ1) is 27.2. The van der Waals surface area contributed by atoms with E-state index in [1.807, 2.05) is 54.6 Å². The van der Waals surface area contributed by atoms with Gasteiger partial charge in [0.05, 0.1) is 5.41 Å². The Kier molecular flexibility index (Phi) is 7.63. The summed E-state index contributed by atoms with van der Waals surface area (Å²) < 4.78 is 0. The molecule has 0 aliphatic heterocycles. The summed E-state index contributed by atoms with van der Waals surface area (Å²) in [5.74, 6) is 1.84. The zero-order valence-corrected chi connectivity index (χ0v) is 30.0. The van der Waals surface area contributed by atoms with Gasteiger partial charge in [-0.25, -0.2) is 15.0 Å². The lowest BCUT2D eigenvalue weighted by Gasteiger charge is -2.30. The normalized spacial score (nSPS) is 13.1. The van der Waals surface area contributed by atoms with Gasteiger partial charge in [-0.3, -0.25) is 4.99 Å². The molecule has 0 amide bonds. The molecule has 258 valence electrons. The highest BCUT2D eigenvalue weighted by Crippen LogP contribution is 2.63. The Morgan fingerprint density at radius 3 is 1.44 bits per heavy atom. The molecular weight excluding hydrogens is 669 g/mol. The number of fused-ring (bicyclic) bond motifs is 10. The summed E-state index contributed by atoms with van der Waals surface area (Å²) in [6.07, 6.45) is 3.47. The van der Waals surface area contributed by atoms with Crippen LogP contribution >= 0.6 is 0 Å². The molecule has 0 atom stereocenters. The van der Waals surface area contributed by atoms with Crippen molar-refractivity contribution in [2.45, 2.75) is 5.41 Å². The van der Waals surface area contributed by atoms with Gasteiger partial charge in [-0.15, -0.1) is 0 Å². The molecule has 0 radical (unpaired) electrons. The topological polar surface area (TPSA) is 51.0 Å². The Morgan fingerprint density at radius 2 is 0.873 bits per heavy atom. The van der Waals surface area contributed by atoms with E-state index in [1.165, 1.54) is 50.1 Å². The van der Waals surface area contributed by atoms with Gasteiger partial charge in [0.1, 0.15) is 0 Å². The van der Waals surface area contributed by atoms with E-state index in [0.29, 0.717) is 17.5 Å². The van der Waals surface area contributed by atoms with Gasteiger partial charge < -0.3 is 0 Å². The average molecular weight is 703 g/mol. The Balaban J connectivity index is 1.09. The third kappa shape index (κ3) is 4.99. The second kappa shape index (κ2) is 13.0. The minimum absolute atomic E-state index is 0.380. The number of hydrogen-bond acceptors (Lipinski definition) is 4. The number of rotatable bonds is 7. The fourth-order valence-electron chi connectivity index (χ4n) is 8.69. The summed E-state index contributed by atoms with van der Waals surface area (Å²) in [5, 5.41) is 0. The zero-order valence-electron chi connectivity index (χ0n) is 30.0. The molecule has 4 nitrogen and oxygen atoms in total. The molecule has 0 fully saturated rings. The molecule has 55 heavy (non-hydrogen) atoms. The zero-order chi connectivity index (χ0) is 36.9. The fraction of sp³-hybridized carbons (Fsp3) is 0.0196. The number of allylic oxidation sites excluding steroid dienone is 2. The Morgan fingerprint density at radius 1 is 0.436 bits per heavy atom. The smallest absolute Gasteiger partial charge is 0.164 e. The second-order valence-corrected chi connectivity index (χ2v) is 13.9. The average Bonchev–Trinajstić information content (AvgIpc) is 3.73. The third-order valence-electron chi connectivity index (χ3n) is 11.1. The number of aromatic nitrogens is 3. The van der Waals surface area contributed by atoms with E-state index >= 15 is 0 Å². The molecule has 0 saturated carbocycles. The lowest BCUT2D eigenvalue weighted by Crippen LogP contribution is -2.25. The Labute approximate surface area is 320 Å². The van der Waals surface area contributed by atoms with Crippen molar-refractivity contribution in [1.82, 2.24) is 15.0 Å². The molecule has 7 aromatic carbocycles. The summed E-state index contributed by atoms with van der Waals surface area (Å²) in [7, 11) is 0. The van der Waals surface area contributed by atoms with Gasteiger partial charge in [-0.05, 0) is 73.5 Å². The van der Waals surface area contributed by atoms with Crippen LogP contribution in [0.2, 0.25) is 0 Å². The number of aliphatic imine (C=N–C) groups is 1. The van der Waals surface area contributed by atoms with Crippen molar-refractivity contribution < 1.29 is 0 Å². The van der Waals surface area contributed by atoms with Crippen LogP contribution < -0.4 is 0 Å². The molecule has 2 aliphatic carbocycles. The first-order valence-electron chi connectivity index (χ1n) is 18.4. The fourth-order valence-corrected chi connectivity index (χ4v) is 8.69. The van der Waals surface area contributed by atoms with E-state index in [0.717, 1.165) is 33.4 Å². The molecule has 2 aliphatic rings. The van der Waals surface area contributed by atoms with Crippen LogP contribution in [0.1, 0.15) is 27.8 Å². The van der Waals surface area contributed by atoms with Gasteiger partial charge in [0.2, 0.25) is 0 Å². The SMILES string of the molecule is C=C/C(=C\N=C)c1ccc(-c2nc(-c3ccccc3)nc(-c3ccc(-c4cccc5c4-c4ccccc4C54c5ccccc5-c5ccccc54)cc3)n2)cc1. The summed E-state index contributed by atoms with van der Waals surface area (Å²) >= 11 is 0. The molecule has 8 aromatic rings. The standard InChI is InChI=1S/C51H34N4/c1-3-33(32-52-2)34-24-28-37(29-25-34)49-53-48(36-14-5-4-6-15-36)54-50(55-49)38-30-26-35(27-31-38)39-19-13-23-46-47(39)42-18-9-12-22-45(42)51(46)43-20-10-7-16-40(43)41-17-8-11-21-44(41)51/h3-32H,1-2H2/b33-32+. The monoisotopic (exact) mass is 702 g/mol. The first-order valence-corrected chi connectivity index (χ1v) is 18.4. The van der Waals surface area contributed by atoms with Crippen molar-refractivity contribution in [2.24, 2.45) is 4.99 Å². The molecule has 0 bridgehead atoms. The van der Waals surface area contributed by atoms with Gasteiger partial charge in [0, 0.05) is 22.9 Å².